The molecule has 0 bridgehead atoms. The molecule has 0 saturated heterocycles. The van der Waals surface area contributed by atoms with Gasteiger partial charge in [0.2, 0.25) is 0 Å². The maximum atomic E-state index is 14.2. The molecule has 3 nitrogen and oxygen atoms in total. The highest BCUT2D eigenvalue weighted by molar-refractivity contribution is 5.37. The van der Waals surface area contributed by atoms with Gasteiger partial charge in [0.1, 0.15) is 5.75 Å². The van der Waals surface area contributed by atoms with Crippen molar-refractivity contribution in [2.45, 2.75) is 33.2 Å². The average molecular weight is 288 g/mol. The molecule has 1 aromatic heterocycles. The molecule has 1 unspecified atom stereocenters. The van der Waals surface area contributed by atoms with E-state index in [0.717, 1.165) is 23.4 Å². The minimum absolute atomic E-state index is 0.0980. The highest BCUT2D eigenvalue weighted by atomic mass is 19.1. The van der Waals surface area contributed by atoms with Crippen molar-refractivity contribution in [3.63, 3.8) is 0 Å². The standard InChI is InChI=1S/C17H21FN2O/c1-5-15-17(8-6-11(2)20-15)21-16-9-7-13(10-14(16)18)12(3)19-4/h6-10,12,19H,5H2,1-4H3. The first kappa shape index (κ1) is 15.4. The molecule has 0 aliphatic rings. The topological polar surface area (TPSA) is 34.1 Å². The van der Waals surface area contributed by atoms with Crippen LogP contribution in [-0.2, 0) is 6.42 Å². The number of aryl methyl sites for hydroxylation is 2. The number of rotatable bonds is 5. The van der Waals surface area contributed by atoms with Crippen molar-refractivity contribution in [1.29, 1.82) is 0 Å². The first-order valence-electron chi connectivity index (χ1n) is 7.16. The summed E-state index contributed by atoms with van der Waals surface area (Å²) < 4.78 is 19.9. The Labute approximate surface area is 125 Å². The van der Waals surface area contributed by atoms with Gasteiger partial charge in [-0.15, -0.1) is 0 Å². The van der Waals surface area contributed by atoms with Crippen molar-refractivity contribution in [3.05, 3.63) is 53.1 Å². The number of hydrogen-bond acceptors (Lipinski definition) is 3. The lowest BCUT2D eigenvalue weighted by Gasteiger charge is -2.14. The Bertz CT molecular complexity index is 628. The minimum Gasteiger partial charge on any atom is -0.452 e. The first-order valence-corrected chi connectivity index (χ1v) is 7.16. The lowest BCUT2D eigenvalue weighted by atomic mass is 10.1. The molecule has 0 radical (unpaired) electrons. The molecule has 1 aromatic carbocycles. The van der Waals surface area contributed by atoms with Crippen LogP contribution in [0.5, 0.6) is 11.5 Å². The molecule has 0 aliphatic heterocycles. The van der Waals surface area contributed by atoms with Crippen LogP contribution in [0.15, 0.2) is 30.3 Å². The van der Waals surface area contributed by atoms with E-state index >= 15 is 0 Å². The Morgan fingerprint density at radius 3 is 2.57 bits per heavy atom. The van der Waals surface area contributed by atoms with Gasteiger partial charge in [0, 0.05) is 11.7 Å². The zero-order valence-corrected chi connectivity index (χ0v) is 12.9. The van der Waals surface area contributed by atoms with Crippen LogP contribution >= 0.6 is 0 Å². The highest BCUT2D eigenvalue weighted by Gasteiger charge is 2.11. The fourth-order valence-electron chi connectivity index (χ4n) is 2.10. The van der Waals surface area contributed by atoms with Crippen LogP contribution in [0.4, 0.5) is 4.39 Å². The van der Waals surface area contributed by atoms with Gasteiger partial charge in [0.05, 0.1) is 5.69 Å². The molecule has 4 heteroatoms. The van der Waals surface area contributed by atoms with Gasteiger partial charge >= 0.3 is 0 Å². The summed E-state index contributed by atoms with van der Waals surface area (Å²) in [5, 5.41) is 3.08. The quantitative estimate of drug-likeness (QED) is 0.897. The predicted molar refractivity (Wildman–Crippen MR) is 82.3 cm³/mol. The van der Waals surface area contributed by atoms with E-state index in [1.807, 2.05) is 46.0 Å². The average Bonchev–Trinajstić information content (AvgIpc) is 2.49. The first-order chi connectivity index (χ1) is 10.0. The molecule has 1 N–H and O–H groups in total. The molecule has 2 rings (SSSR count). The van der Waals surface area contributed by atoms with Crippen LogP contribution in [0.1, 0.15) is 36.8 Å². The number of hydrogen-bond donors (Lipinski definition) is 1. The van der Waals surface area contributed by atoms with Gasteiger partial charge in [-0.05, 0) is 57.1 Å². The van der Waals surface area contributed by atoms with Crippen LogP contribution in [0.25, 0.3) is 0 Å². The summed E-state index contributed by atoms with van der Waals surface area (Å²) in [6, 6.07) is 8.84. The third-order valence-corrected chi connectivity index (χ3v) is 3.52. The SMILES string of the molecule is CCc1nc(C)ccc1Oc1ccc(C(C)NC)cc1F. The van der Waals surface area contributed by atoms with E-state index in [1.165, 1.54) is 6.07 Å². The summed E-state index contributed by atoms with van der Waals surface area (Å²) in [4.78, 5) is 4.42. The molecular formula is C17H21FN2O. The fraction of sp³-hybridized carbons (Fsp3) is 0.353. The molecule has 0 amide bonds. The Hall–Kier alpha value is -1.94. The molecule has 1 heterocycles. The molecule has 0 saturated carbocycles. The van der Waals surface area contributed by atoms with Crippen molar-refractivity contribution in [2.24, 2.45) is 0 Å². The lowest BCUT2D eigenvalue weighted by Crippen LogP contribution is -2.12. The van der Waals surface area contributed by atoms with Crippen molar-refractivity contribution in [3.8, 4) is 11.5 Å². The summed E-state index contributed by atoms with van der Waals surface area (Å²) >= 11 is 0. The summed E-state index contributed by atoms with van der Waals surface area (Å²) in [7, 11) is 1.85. The van der Waals surface area contributed by atoms with Crippen LogP contribution in [0, 0.1) is 12.7 Å². The number of ether oxygens (including phenoxy) is 1. The molecule has 2 aromatic rings. The Morgan fingerprint density at radius 1 is 1.24 bits per heavy atom. The number of benzene rings is 1. The van der Waals surface area contributed by atoms with E-state index in [1.54, 1.807) is 6.07 Å². The smallest absolute Gasteiger partial charge is 0.166 e. The van der Waals surface area contributed by atoms with Gasteiger partial charge in [-0.3, -0.25) is 4.98 Å². The third kappa shape index (κ3) is 3.58. The lowest BCUT2D eigenvalue weighted by molar-refractivity contribution is 0.434. The molecule has 112 valence electrons. The molecule has 0 fully saturated rings. The molecule has 21 heavy (non-hydrogen) atoms. The van der Waals surface area contributed by atoms with Crippen LogP contribution in [-0.4, -0.2) is 12.0 Å². The summed E-state index contributed by atoms with van der Waals surface area (Å²) in [5.74, 6) is 0.469. The van der Waals surface area contributed by atoms with Crippen molar-refractivity contribution < 1.29 is 9.13 Å². The number of aromatic nitrogens is 1. The van der Waals surface area contributed by atoms with Crippen LogP contribution in [0.3, 0.4) is 0 Å². The zero-order chi connectivity index (χ0) is 15.4. The largest absolute Gasteiger partial charge is 0.452 e. The number of nitrogens with one attached hydrogen (secondary N) is 1. The summed E-state index contributed by atoms with van der Waals surface area (Å²) in [6.45, 7) is 5.91. The number of nitrogens with zero attached hydrogens (tertiary/aromatic N) is 1. The highest BCUT2D eigenvalue weighted by Crippen LogP contribution is 2.29. The van der Waals surface area contributed by atoms with Crippen LogP contribution in [0.2, 0.25) is 0 Å². The number of halogens is 1. The predicted octanol–water partition coefficient (Wildman–Crippen LogP) is 4.16. The molecule has 1 atom stereocenters. The van der Waals surface area contributed by atoms with Gasteiger partial charge in [0.15, 0.2) is 11.6 Å². The van der Waals surface area contributed by atoms with Crippen molar-refractivity contribution in [2.75, 3.05) is 7.05 Å². The molecular weight excluding hydrogens is 267 g/mol. The Morgan fingerprint density at radius 2 is 1.95 bits per heavy atom. The monoisotopic (exact) mass is 288 g/mol. The van der Waals surface area contributed by atoms with Gasteiger partial charge in [-0.2, -0.15) is 0 Å². The van der Waals surface area contributed by atoms with Gasteiger partial charge in [0.25, 0.3) is 0 Å². The second kappa shape index (κ2) is 6.68. The summed E-state index contributed by atoms with van der Waals surface area (Å²) in [6.07, 6.45) is 0.744. The molecule has 0 spiro atoms. The fourth-order valence-corrected chi connectivity index (χ4v) is 2.10. The van der Waals surface area contributed by atoms with Gasteiger partial charge < -0.3 is 10.1 Å². The van der Waals surface area contributed by atoms with E-state index < -0.39 is 0 Å². The Kier molecular flexibility index (Phi) is 4.91. The zero-order valence-electron chi connectivity index (χ0n) is 12.9. The van der Waals surface area contributed by atoms with E-state index in [9.17, 15) is 4.39 Å². The van der Waals surface area contributed by atoms with Crippen molar-refractivity contribution >= 4 is 0 Å². The van der Waals surface area contributed by atoms with Crippen LogP contribution < -0.4 is 10.1 Å². The minimum atomic E-state index is -0.364. The van der Waals surface area contributed by atoms with E-state index in [2.05, 4.69) is 10.3 Å². The maximum absolute atomic E-state index is 14.2. The van der Waals surface area contributed by atoms with E-state index in [-0.39, 0.29) is 17.6 Å². The third-order valence-electron chi connectivity index (χ3n) is 3.52. The summed E-state index contributed by atoms with van der Waals surface area (Å²) in [5.41, 5.74) is 2.65. The normalized spacial score (nSPS) is 12.2. The van der Waals surface area contributed by atoms with E-state index in [0.29, 0.717) is 5.75 Å². The van der Waals surface area contributed by atoms with E-state index in [4.69, 9.17) is 4.74 Å². The maximum Gasteiger partial charge on any atom is 0.166 e. The van der Waals surface area contributed by atoms with Gasteiger partial charge in [-0.25, -0.2) is 4.39 Å². The second-order valence-corrected chi connectivity index (χ2v) is 5.05. The number of pyridine rings is 1. The Balaban J connectivity index is 2.28. The molecule has 0 aliphatic carbocycles. The van der Waals surface area contributed by atoms with Gasteiger partial charge in [-0.1, -0.05) is 13.0 Å². The van der Waals surface area contributed by atoms with Crippen molar-refractivity contribution in [1.82, 2.24) is 10.3 Å². The second-order valence-electron chi connectivity index (χ2n) is 5.05.